The normalized spacial score (nSPS) is 10.5. The highest BCUT2D eigenvalue weighted by Gasteiger charge is 2.12. The van der Waals surface area contributed by atoms with Crippen molar-refractivity contribution in [3.63, 3.8) is 0 Å². The van der Waals surface area contributed by atoms with Crippen molar-refractivity contribution in [3.05, 3.63) is 24.1 Å². The maximum Gasteiger partial charge on any atom is 0.314 e. The quantitative estimate of drug-likeness (QED) is 0.750. The minimum Gasteiger partial charge on any atom is -0.504 e. The average molecular weight is 207 g/mol. The second kappa shape index (κ2) is 3.61. The summed E-state index contributed by atoms with van der Waals surface area (Å²) in [4.78, 5) is 15.0. The first kappa shape index (κ1) is 9.51. The van der Waals surface area contributed by atoms with Crippen LogP contribution in [0.15, 0.2) is 22.6 Å². The number of benzene rings is 1. The van der Waals surface area contributed by atoms with Gasteiger partial charge in [-0.05, 0) is 12.1 Å². The van der Waals surface area contributed by atoms with Crippen LogP contribution in [0.1, 0.15) is 5.89 Å². The molecule has 15 heavy (non-hydrogen) atoms. The second-order valence-electron chi connectivity index (χ2n) is 2.99. The van der Waals surface area contributed by atoms with E-state index in [9.17, 15) is 9.90 Å². The number of phenols is 1. The van der Waals surface area contributed by atoms with Crippen LogP contribution in [0.5, 0.6) is 5.75 Å². The van der Waals surface area contributed by atoms with Gasteiger partial charge in [0, 0.05) is 0 Å². The number of para-hydroxylation sites is 1. The van der Waals surface area contributed by atoms with Gasteiger partial charge in [0.1, 0.15) is 11.9 Å². The third-order valence-electron chi connectivity index (χ3n) is 1.96. The standard InChI is InChI=1S/C10H9NO4/c1-14-9(13)5-8-11-6-3-2-4-7(12)10(6)15-8/h2-4,12H,5H2,1H3. The van der Waals surface area contributed by atoms with Gasteiger partial charge in [0.25, 0.3) is 0 Å². The first-order valence-corrected chi connectivity index (χ1v) is 4.35. The van der Waals surface area contributed by atoms with Gasteiger partial charge in [0.2, 0.25) is 5.89 Å². The molecule has 0 fully saturated rings. The lowest BCUT2D eigenvalue weighted by Crippen LogP contribution is -2.04. The van der Waals surface area contributed by atoms with Crippen molar-refractivity contribution in [2.75, 3.05) is 7.11 Å². The van der Waals surface area contributed by atoms with Crippen molar-refractivity contribution >= 4 is 17.1 Å². The van der Waals surface area contributed by atoms with Gasteiger partial charge >= 0.3 is 5.97 Å². The van der Waals surface area contributed by atoms with Gasteiger partial charge in [-0.25, -0.2) is 4.98 Å². The number of aromatic nitrogens is 1. The summed E-state index contributed by atoms with van der Waals surface area (Å²) in [5.41, 5.74) is 0.810. The maximum atomic E-state index is 11.0. The molecule has 0 aliphatic carbocycles. The van der Waals surface area contributed by atoms with Gasteiger partial charge in [-0.1, -0.05) is 6.07 Å². The zero-order chi connectivity index (χ0) is 10.8. The molecule has 0 saturated heterocycles. The van der Waals surface area contributed by atoms with Gasteiger partial charge in [-0.2, -0.15) is 0 Å². The first-order chi connectivity index (χ1) is 7.20. The van der Waals surface area contributed by atoms with Crippen LogP contribution >= 0.6 is 0 Å². The number of fused-ring (bicyclic) bond motifs is 1. The van der Waals surface area contributed by atoms with E-state index < -0.39 is 5.97 Å². The van der Waals surface area contributed by atoms with Crippen molar-refractivity contribution in [2.45, 2.75) is 6.42 Å². The largest absolute Gasteiger partial charge is 0.504 e. The van der Waals surface area contributed by atoms with Crippen LogP contribution in [-0.2, 0) is 16.0 Å². The highest BCUT2D eigenvalue weighted by Crippen LogP contribution is 2.24. The molecule has 5 nitrogen and oxygen atoms in total. The van der Waals surface area contributed by atoms with Crippen LogP contribution in [0, 0.1) is 0 Å². The zero-order valence-electron chi connectivity index (χ0n) is 8.06. The van der Waals surface area contributed by atoms with Gasteiger partial charge < -0.3 is 14.3 Å². The van der Waals surface area contributed by atoms with E-state index >= 15 is 0 Å². The molecule has 0 atom stereocenters. The van der Waals surface area contributed by atoms with E-state index in [0.29, 0.717) is 5.52 Å². The number of aromatic hydroxyl groups is 1. The van der Waals surface area contributed by atoms with Crippen LogP contribution in [-0.4, -0.2) is 23.2 Å². The summed E-state index contributed by atoms with van der Waals surface area (Å²) in [5.74, 6) is -0.185. The van der Waals surface area contributed by atoms with Crippen LogP contribution in [0.25, 0.3) is 11.1 Å². The number of rotatable bonds is 2. The third kappa shape index (κ3) is 1.76. The number of carbonyl (C=O) groups is 1. The predicted octanol–water partition coefficient (Wildman–Crippen LogP) is 1.25. The molecule has 0 aliphatic rings. The van der Waals surface area contributed by atoms with Crippen LogP contribution in [0.2, 0.25) is 0 Å². The van der Waals surface area contributed by atoms with E-state index in [-0.39, 0.29) is 23.6 Å². The molecular formula is C10H9NO4. The van der Waals surface area contributed by atoms with Crippen molar-refractivity contribution in [1.29, 1.82) is 0 Å². The van der Waals surface area contributed by atoms with E-state index in [1.165, 1.54) is 13.2 Å². The molecule has 0 radical (unpaired) electrons. The Kier molecular flexibility index (Phi) is 2.29. The molecule has 1 N–H and O–H groups in total. The molecule has 2 aromatic rings. The molecule has 0 spiro atoms. The first-order valence-electron chi connectivity index (χ1n) is 4.35. The average Bonchev–Trinajstić information content (AvgIpc) is 2.62. The molecule has 1 heterocycles. The summed E-state index contributed by atoms with van der Waals surface area (Å²) >= 11 is 0. The van der Waals surface area contributed by atoms with Gasteiger partial charge in [-0.15, -0.1) is 0 Å². The van der Waals surface area contributed by atoms with Crippen LogP contribution in [0.3, 0.4) is 0 Å². The third-order valence-corrected chi connectivity index (χ3v) is 1.96. The van der Waals surface area contributed by atoms with E-state index in [4.69, 9.17) is 4.42 Å². The molecule has 78 valence electrons. The van der Waals surface area contributed by atoms with E-state index in [1.807, 2.05) is 0 Å². The smallest absolute Gasteiger partial charge is 0.314 e. The Hall–Kier alpha value is -2.04. The second-order valence-corrected chi connectivity index (χ2v) is 2.99. The number of nitrogens with zero attached hydrogens (tertiary/aromatic N) is 1. The van der Waals surface area contributed by atoms with E-state index in [1.54, 1.807) is 12.1 Å². The molecule has 0 unspecified atom stereocenters. The Morgan fingerprint density at radius 2 is 2.40 bits per heavy atom. The van der Waals surface area contributed by atoms with Gasteiger partial charge in [0.15, 0.2) is 11.3 Å². The number of hydrogen-bond acceptors (Lipinski definition) is 5. The molecule has 0 saturated carbocycles. The Morgan fingerprint density at radius 3 is 3.07 bits per heavy atom. The van der Waals surface area contributed by atoms with Crippen LogP contribution < -0.4 is 0 Å². The fourth-order valence-corrected chi connectivity index (χ4v) is 1.25. The molecule has 2 rings (SSSR count). The Morgan fingerprint density at radius 1 is 1.60 bits per heavy atom. The van der Waals surface area contributed by atoms with Gasteiger partial charge in [0.05, 0.1) is 7.11 Å². The highest BCUT2D eigenvalue weighted by atomic mass is 16.5. The minimum atomic E-state index is -0.430. The van der Waals surface area contributed by atoms with Crippen molar-refractivity contribution in [1.82, 2.24) is 4.98 Å². The molecule has 0 bridgehead atoms. The lowest BCUT2D eigenvalue weighted by Gasteiger charge is -1.92. The summed E-state index contributed by atoms with van der Waals surface area (Å²) < 4.78 is 9.69. The molecule has 0 amide bonds. The molecular weight excluding hydrogens is 198 g/mol. The van der Waals surface area contributed by atoms with Crippen molar-refractivity contribution in [2.24, 2.45) is 0 Å². The topological polar surface area (TPSA) is 72.6 Å². The minimum absolute atomic E-state index is 0.0103. The molecule has 1 aromatic carbocycles. The zero-order valence-corrected chi connectivity index (χ0v) is 8.06. The Balaban J connectivity index is 2.39. The summed E-state index contributed by atoms with van der Waals surface area (Å²) in [5, 5.41) is 9.43. The fourth-order valence-electron chi connectivity index (χ4n) is 1.25. The van der Waals surface area contributed by atoms with E-state index in [0.717, 1.165) is 0 Å². The molecule has 1 aromatic heterocycles. The van der Waals surface area contributed by atoms with E-state index in [2.05, 4.69) is 9.72 Å². The summed E-state index contributed by atoms with van der Waals surface area (Å²) in [6.45, 7) is 0. The number of oxazole rings is 1. The number of methoxy groups -OCH3 is 1. The SMILES string of the molecule is COC(=O)Cc1nc2cccc(O)c2o1. The maximum absolute atomic E-state index is 11.0. The van der Waals surface area contributed by atoms with Crippen molar-refractivity contribution in [3.8, 4) is 5.75 Å². The Bertz CT molecular complexity index is 503. The highest BCUT2D eigenvalue weighted by molar-refractivity contribution is 5.80. The number of esters is 1. The monoisotopic (exact) mass is 207 g/mol. The summed E-state index contributed by atoms with van der Waals surface area (Å²) in [6.07, 6.45) is -0.0371. The lowest BCUT2D eigenvalue weighted by molar-refractivity contribution is -0.140. The number of phenolic OH excluding ortho intramolecular Hbond substituents is 1. The van der Waals surface area contributed by atoms with Crippen molar-refractivity contribution < 1.29 is 19.1 Å². The summed E-state index contributed by atoms with van der Waals surface area (Å²) in [6, 6.07) is 4.84. The lowest BCUT2D eigenvalue weighted by atomic mass is 10.3. The van der Waals surface area contributed by atoms with Crippen LogP contribution in [0.4, 0.5) is 0 Å². The predicted molar refractivity (Wildman–Crippen MR) is 51.4 cm³/mol. The Labute approximate surface area is 85.3 Å². The summed E-state index contributed by atoms with van der Waals surface area (Å²) in [7, 11) is 1.29. The number of ether oxygens (including phenoxy) is 1. The molecule has 0 aliphatic heterocycles. The fraction of sp³-hybridized carbons (Fsp3) is 0.200. The number of hydrogen-bond donors (Lipinski definition) is 1. The van der Waals surface area contributed by atoms with Gasteiger partial charge in [-0.3, -0.25) is 4.79 Å². The molecule has 5 heteroatoms. The number of carbonyl (C=O) groups excluding carboxylic acids is 1.